The van der Waals surface area contributed by atoms with Crippen LogP contribution in [0.4, 0.5) is 5.95 Å². The molecule has 2 aromatic heterocycles. The van der Waals surface area contributed by atoms with E-state index < -0.39 is 0 Å². The first-order chi connectivity index (χ1) is 9.74. The van der Waals surface area contributed by atoms with Crippen LogP contribution in [0.15, 0.2) is 41.9 Å². The average molecular weight is 280 g/mol. The van der Waals surface area contributed by atoms with Crippen LogP contribution in [0.25, 0.3) is 26.9 Å². The molecule has 4 rings (SSSR count). The van der Waals surface area contributed by atoms with E-state index in [-0.39, 0.29) is 0 Å². The lowest BCUT2D eigenvalue weighted by Crippen LogP contribution is -2.00. The van der Waals surface area contributed by atoms with E-state index in [4.69, 9.17) is 5.73 Å². The summed E-state index contributed by atoms with van der Waals surface area (Å²) in [4.78, 5) is 8.79. The molecule has 4 aromatic rings. The van der Waals surface area contributed by atoms with Crippen molar-refractivity contribution in [2.75, 3.05) is 5.73 Å². The average Bonchev–Trinajstić information content (AvgIpc) is 3.02. The van der Waals surface area contributed by atoms with Gasteiger partial charge < -0.3 is 5.73 Å². The number of nitrogen functional groups attached to an aromatic ring is 1. The fourth-order valence-electron chi connectivity index (χ4n) is 2.51. The van der Waals surface area contributed by atoms with Crippen LogP contribution in [0.1, 0.15) is 5.56 Å². The fraction of sp³-hybridized carbons (Fsp3) is 0.0667. The number of para-hydroxylation sites is 1. The molecule has 0 spiro atoms. The normalized spacial score (nSPS) is 11.4. The first-order valence-corrected chi connectivity index (χ1v) is 7.19. The number of nitrogens with zero attached hydrogens (tertiary/aromatic N) is 3. The number of anilines is 1. The molecule has 0 aliphatic heterocycles. The lowest BCUT2D eigenvalue weighted by Gasteiger charge is -2.06. The molecule has 0 unspecified atom stereocenters. The van der Waals surface area contributed by atoms with Crippen LogP contribution in [0.2, 0.25) is 0 Å². The van der Waals surface area contributed by atoms with Crippen LogP contribution >= 0.6 is 11.3 Å². The molecule has 0 saturated carbocycles. The van der Waals surface area contributed by atoms with E-state index in [1.54, 1.807) is 11.3 Å². The van der Waals surface area contributed by atoms with E-state index >= 15 is 0 Å². The van der Waals surface area contributed by atoms with Gasteiger partial charge in [-0.3, -0.25) is 4.57 Å². The van der Waals surface area contributed by atoms with Gasteiger partial charge >= 0.3 is 0 Å². The van der Waals surface area contributed by atoms with Crippen molar-refractivity contribution in [2.24, 2.45) is 0 Å². The highest BCUT2D eigenvalue weighted by molar-refractivity contribution is 7.16. The number of rotatable bonds is 1. The minimum Gasteiger partial charge on any atom is -0.369 e. The maximum Gasteiger partial charge on any atom is 0.205 e. The van der Waals surface area contributed by atoms with Crippen LogP contribution in [0.3, 0.4) is 0 Å². The van der Waals surface area contributed by atoms with E-state index in [0.717, 1.165) is 32.5 Å². The predicted molar refractivity (Wildman–Crippen MR) is 83.4 cm³/mol. The van der Waals surface area contributed by atoms with Gasteiger partial charge in [0.15, 0.2) is 0 Å². The summed E-state index contributed by atoms with van der Waals surface area (Å²) < 4.78 is 3.14. The summed E-state index contributed by atoms with van der Waals surface area (Å²) in [6, 6.07) is 12.3. The zero-order valence-corrected chi connectivity index (χ0v) is 11.7. The summed E-state index contributed by atoms with van der Waals surface area (Å²) >= 11 is 1.63. The molecule has 0 saturated heterocycles. The van der Waals surface area contributed by atoms with Crippen molar-refractivity contribution in [1.82, 2.24) is 14.5 Å². The number of nitrogens with two attached hydrogens (primary N) is 1. The second-order valence-corrected chi connectivity index (χ2v) is 5.64. The Morgan fingerprint density at radius 3 is 3.00 bits per heavy atom. The van der Waals surface area contributed by atoms with E-state index in [1.165, 1.54) is 0 Å². The van der Waals surface area contributed by atoms with Crippen LogP contribution in [0, 0.1) is 6.92 Å². The second-order valence-electron chi connectivity index (χ2n) is 4.75. The molecule has 4 nitrogen and oxygen atoms in total. The van der Waals surface area contributed by atoms with Gasteiger partial charge in [-0.2, -0.15) is 0 Å². The topological polar surface area (TPSA) is 56.7 Å². The predicted octanol–water partition coefficient (Wildman–Crippen LogP) is 3.53. The standard InChI is InChI=1S/C15H12N4S/c1-9-3-2-4-12-14(9)18-15(16)19(12)10-5-6-11-13(7-10)20-8-17-11/h2-8H,1H3,(H2,16,18). The molecule has 2 N–H and O–H groups in total. The largest absolute Gasteiger partial charge is 0.369 e. The Hall–Kier alpha value is -2.40. The van der Waals surface area contributed by atoms with E-state index in [0.29, 0.717) is 5.95 Å². The van der Waals surface area contributed by atoms with Crippen LogP contribution in [-0.4, -0.2) is 14.5 Å². The molecule has 0 bridgehead atoms. The quantitative estimate of drug-likeness (QED) is 0.580. The van der Waals surface area contributed by atoms with Gasteiger partial charge in [-0.25, -0.2) is 9.97 Å². The Morgan fingerprint density at radius 1 is 1.20 bits per heavy atom. The zero-order chi connectivity index (χ0) is 13.7. The SMILES string of the molecule is Cc1cccc2c1nc(N)n2-c1ccc2ncsc2c1. The number of hydrogen-bond donors (Lipinski definition) is 1. The zero-order valence-electron chi connectivity index (χ0n) is 10.9. The summed E-state index contributed by atoms with van der Waals surface area (Å²) in [6.45, 7) is 2.05. The van der Waals surface area contributed by atoms with Crippen molar-refractivity contribution in [3.8, 4) is 5.69 Å². The lowest BCUT2D eigenvalue weighted by atomic mass is 10.2. The highest BCUT2D eigenvalue weighted by Gasteiger charge is 2.12. The van der Waals surface area contributed by atoms with Crippen LogP contribution in [0.5, 0.6) is 0 Å². The third-order valence-corrected chi connectivity index (χ3v) is 4.28. The summed E-state index contributed by atoms with van der Waals surface area (Å²) in [5.41, 5.74) is 13.1. The molecule has 0 radical (unpaired) electrons. The van der Waals surface area contributed by atoms with Crippen molar-refractivity contribution in [3.63, 3.8) is 0 Å². The van der Waals surface area contributed by atoms with Gasteiger partial charge in [0.25, 0.3) is 0 Å². The molecule has 2 aromatic carbocycles. The lowest BCUT2D eigenvalue weighted by molar-refractivity contribution is 1.11. The molecule has 0 amide bonds. The van der Waals surface area contributed by atoms with Gasteiger partial charge in [0.1, 0.15) is 0 Å². The Morgan fingerprint density at radius 2 is 2.10 bits per heavy atom. The second kappa shape index (κ2) is 4.05. The monoisotopic (exact) mass is 280 g/mol. The Bertz CT molecular complexity index is 936. The van der Waals surface area contributed by atoms with Crippen molar-refractivity contribution >= 4 is 38.5 Å². The molecule has 5 heteroatoms. The van der Waals surface area contributed by atoms with Gasteiger partial charge in [0.05, 0.1) is 32.4 Å². The molecule has 0 aliphatic carbocycles. The number of benzene rings is 2. The number of aryl methyl sites for hydroxylation is 1. The Labute approximate surface area is 119 Å². The van der Waals surface area contributed by atoms with Crippen molar-refractivity contribution in [2.45, 2.75) is 6.92 Å². The molecule has 2 heterocycles. The first kappa shape index (κ1) is 11.4. The molecule has 98 valence electrons. The van der Waals surface area contributed by atoms with Gasteiger partial charge in [0, 0.05) is 0 Å². The third kappa shape index (κ3) is 1.53. The highest BCUT2D eigenvalue weighted by atomic mass is 32.1. The maximum atomic E-state index is 6.11. The minimum absolute atomic E-state index is 0.512. The summed E-state index contributed by atoms with van der Waals surface area (Å²) in [5, 5.41) is 0. The number of thiazole rings is 1. The van der Waals surface area contributed by atoms with E-state index in [9.17, 15) is 0 Å². The molecule has 0 aliphatic rings. The van der Waals surface area contributed by atoms with Gasteiger partial charge in [-0.05, 0) is 36.8 Å². The number of hydrogen-bond acceptors (Lipinski definition) is 4. The van der Waals surface area contributed by atoms with Crippen molar-refractivity contribution < 1.29 is 0 Å². The van der Waals surface area contributed by atoms with Crippen LogP contribution in [-0.2, 0) is 0 Å². The number of aromatic nitrogens is 3. The van der Waals surface area contributed by atoms with E-state index in [1.807, 2.05) is 47.3 Å². The molecule has 0 fully saturated rings. The van der Waals surface area contributed by atoms with Crippen LogP contribution < -0.4 is 5.73 Å². The van der Waals surface area contributed by atoms with Crippen molar-refractivity contribution in [1.29, 1.82) is 0 Å². The van der Waals surface area contributed by atoms with Gasteiger partial charge in [0.2, 0.25) is 5.95 Å². The smallest absolute Gasteiger partial charge is 0.205 e. The molecule has 20 heavy (non-hydrogen) atoms. The number of imidazole rings is 1. The summed E-state index contributed by atoms with van der Waals surface area (Å²) in [5.74, 6) is 0.512. The first-order valence-electron chi connectivity index (χ1n) is 6.31. The Kier molecular flexibility index (Phi) is 2.31. The highest BCUT2D eigenvalue weighted by Crippen LogP contribution is 2.28. The summed E-state index contributed by atoms with van der Waals surface area (Å²) in [7, 11) is 0. The van der Waals surface area contributed by atoms with E-state index in [2.05, 4.69) is 16.0 Å². The molecular formula is C15H12N4S. The Balaban J connectivity index is 2.06. The minimum atomic E-state index is 0.512. The van der Waals surface area contributed by atoms with Gasteiger partial charge in [-0.15, -0.1) is 11.3 Å². The number of fused-ring (bicyclic) bond motifs is 2. The molecule has 0 atom stereocenters. The summed E-state index contributed by atoms with van der Waals surface area (Å²) in [6.07, 6.45) is 0. The van der Waals surface area contributed by atoms with Gasteiger partial charge in [-0.1, -0.05) is 12.1 Å². The van der Waals surface area contributed by atoms with Crippen molar-refractivity contribution in [3.05, 3.63) is 47.5 Å². The fourth-order valence-corrected chi connectivity index (χ4v) is 3.22. The maximum absolute atomic E-state index is 6.11. The molecular weight excluding hydrogens is 268 g/mol. The third-order valence-electron chi connectivity index (χ3n) is 3.49.